The summed E-state index contributed by atoms with van der Waals surface area (Å²) >= 11 is 0. The molecule has 0 aromatic carbocycles. The van der Waals surface area contributed by atoms with Crippen LogP contribution in [-0.4, -0.2) is 54.5 Å². The zero-order valence-corrected chi connectivity index (χ0v) is 16.8. The van der Waals surface area contributed by atoms with Gasteiger partial charge in [0, 0.05) is 25.7 Å². The first-order chi connectivity index (χ1) is 10.6. The Morgan fingerprint density at radius 2 is 1.62 bits per heavy atom. The molecule has 3 fully saturated rings. The third-order valence-corrected chi connectivity index (χ3v) is 6.60. The number of hydrogen-bond donors (Lipinski definition) is 1. The third kappa shape index (κ3) is 4.38. The highest BCUT2D eigenvalue weighted by Gasteiger charge is 2.50. The third-order valence-electron chi connectivity index (χ3n) is 6.60. The van der Waals surface area contributed by atoms with Gasteiger partial charge >= 0.3 is 0 Å². The van der Waals surface area contributed by atoms with Crippen LogP contribution in [0.5, 0.6) is 0 Å². The van der Waals surface area contributed by atoms with Crippen LogP contribution in [0.4, 0.5) is 0 Å². The Labute approximate surface area is 159 Å². The van der Waals surface area contributed by atoms with Crippen molar-refractivity contribution in [1.29, 1.82) is 0 Å². The van der Waals surface area contributed by atoms with Crippen LogP contribution >= 0.6 is 24.8 Å². The average Bonchev–Trinajstić information content (AvgIpc) is 3.13. The Hall–Kier alpha value is -0.0300. The second-order valence-corrected chi connectivity index (χ2v) is 7.69. The Balaban J connectivity index is 0.00000144. The molecule has 2 aliphatic carbocycles. The number of halogens is 2. The molecule has 1 saturated heterocycles. The van der Waals surface area contributed by atoms with Gasteiger partial charge in [-0.15, -0.1) is 24.8 Å². The van der Waals surface area contributed by atoms with Gasteiger partial charge in [0.2, 0.25) is 5.91 Å². The van der Waals surface area contributed by atoms with Crippen LogP contribution in [0.15, 0.2) is 0 Å². The van der Waals surface area contributed by atoms with Crippen molar-refractivity contribution < 1.29 is 4.79 Å². The number of fused-ring (bicyclic) bond motifs is 2. The van der Waals surface area contributed by atoms with Crippen molar-refractivity contribution in [1.82, 2.24) is 9.80 Å². The van der Waals surface area contributed by atoms with Gasteiger partial charge in [-0.25, -0.2) is 0 Å². The second kappa shape index (κ2) is 9.61. The van der Waals surface area contributed by atoms with Crippen LogP contribution in [0, 0.1) is 23.7 Å². The van der Waals surface area contributed by atoms with Crippen molar-refractivity contribution in [2.24, 2.45) is 29.4 Å². The van der Waals surface area contributed by atoms with Crippen LogP contribution < -0.4 is 5.73 Å². The number of carbonyl (C=O) groups is 1. The monoisotopic (exact) mass is 379 g/mol. The first-order valence-electron chi connectivity index (χ1n) is 9.40. The number of likely N-dealkylation sites (tertiary alicyclic amines) is 1. The number of rotatable bonds is 5. The summed E-state index contributed by atoms with van der Waals surface area (Å²) in [5, 5.41) is 0. The summed E-state index contributed by atoms with van der Waals surface area (Å²) in [6.07, 6.45) is 6.02. The molecule has 2 bridgehead atoms. The highest BCUT2D eigenvalue weighted by atomic mass is 35.5. The number of hydrogen-bond acceptors (Lipinski definition) is 3. The minimum atomic E-state index is 0. The molecular weight excluding hydrogens is 345 g/mol. The molecule has 0 aromatic heterocycles. The normalized spacial score (nSPS) is 32.6. The Kier molecular flexibility index (Phi) is 8.81. The zero-order chi connectivity index (χ0) is 15.7. The van der Waals surface area contributed by atoms with Gasteiger partial charge in [-0.2, -0.15) is 0 Å². The van der Waals surface area contributed by atoms with E-state index in [1.165, 1.54) is 25.8 Å². The number of piperidine rings is 1. The average molecular weight is 380 g/mol. The molecule has 2 saturated carbocycles. The van der Waals surface area contributed by atoms with Crippen LogP contribution in [0.1, 0.15) is 46.0 Å². The number of amides is 1. The molecule has 0 aromatic rings. The maximum Gasteiger partial charge on any atom is 0.227 e. The molecule has 0 radical (unpaired) electrons. The van der Waals surface area contributed by atoms with E-state index in [-0.39, 0.29) is 36.8 Å². The number of nitrogens with zero attached hydrogens (tertiary/aromatic N) is 2. The fraction of sp³-hybridized carbons (Fsp3) is 0.944. The Morgan fingerprint density at radius 1 is 1.04 bits per heavy atom. The van der Waals surface area contributed by atoms with Crippen LogP contribution in [-0.2, 0) is 4.79 Å². The molecule has 2 N–H and O–H groups in total. The highest BCUT2D eigenvalue weighted by molar-refractivity contribution is 5.85. The van der Waals surface area contributed by atoms with E-state index in [9.17, 15) is 4.79 Å². The molecular formula is C18H35Cl2N3O. The lowest BCUT2D eigenvalue weighted by Gasteiger charge is -2.38. The summed E-state index contributed by atoms with van der Waals surface area (Å²) in [6.45, 7) is 9.84. The van der Waals surface area contributed by atoms with E-state index in [2.05, 4.69) is 23.6 Å². The van der Waals surface area contributed by atoms with Crippen molar-refractivity contribution in [2.75, 3.05) is 32.7 Å². The van der Waals surface area contributed by atoms with E-state index < -0.39 is 0 Å². The first kappa shape index (κ1) is 22.0. The fourth-order valence-electron chi connectivity index (χ4n) is 5.10. The van der Waals surface area contributed by atoms with E-state index in [1.54, 1.807) is 0 Å². The zero-order valence-electron chi connectivity index (χ0n) is 15.2. The van der Waals surface area contributed by atoms with E-state index >= 15 is 0 Å². The molecule has 1 amide bonds. The molecule has 0 spiro atoms. The van der Waals surface area contributed by atoms with E-state index in [4.69, 9.17) is 5.73 Å². The van der Waals surface area contributed by atoms with Crippen LogP contribution in [0.3, 0.4) is 0 Å². The van der Waals surface area contributed by atoms with Gasteiger partial charge in [0.1, 0.15) is 0 Å². The van der Waals surface area contributed by atoms with Gasteiger partial charge in [-0.1, -0.05) is 13.8 Å². The van der Waals surface area contributed by atoms with Gasteiger partial charge in [0.25, 0.3) is 0 Å². The topological polar surface area (TPSA) is 49.6 Å². The van der Waals surface area contributed by atoms with Crippen molar-refractivity contribution in [2.45, 2.75) is 52.0 Å². The maximum absolute atomic E-state index is 12.9. The first-order valence-corrected chi connectivity index (χ1v) is 9.40. The lowest BCUT2D eigenvalue weighted by atomic mass is 9.83. The SMILES string of the molecule is CCN(CC)CC1CCN(C(=O)C2C3CCC(C3)C2N)CC1.Cl.Cl. The Bertz CT molecular complexity index is 396. The smallest absolute Gasteiger partial charge is 0.227 e. The predicted octanol–water partition coefficient (Wildman–Crippen LogP) is 2.78. The minimum absolute atomic E-state index is 0. The van der Waals surface area contributed by atoms with Crippen molar-refractivity contribution in [3.8, 4) is 0 Å². The fourth-order valence-corrected chi connectivity index (χ4v) is 5.10. The molecule has 4 unspecified atom stereocenters. The lowest BCUT2D eigenvalue weighted by molar-refractivity contribution is -0.139. The van der Waals surface area contributed by atoms with Gasteiger partial charge in [-0.3, -0.25) is 4.79 Å². The summed E-state index contributed by atoms with van der Waals surface area (Å²) in [7, 11) is 0. The van der Waals surface area contributed by atoms with Crippen LogP contribution in [0.25, 0.3) is 0 Å². The molecule has 1 aliphatic heterocycles. The molecule has 6 heteroatoms. The van der Waals surface area contributed by atoms with Crippen molar-refractivity contribution in [3.05, 3.63) is 0 Å². The molecule has 4 atom stereocenters. The van der Waals surface area contributed by atoms with Crippen molar-refractivity contribution in [3.63, 3.8) is 0 Å². The quantitative estimate of drug-likeness (QED) is 0.798. The molecule has 3 rings (SSSR count). The number of nitrogens with two attached hydrogens (primary N) is 1. The van der Waals surface area contributed by atoms with Gasteiger partial charge in [-0.05, 0) is 62.9 Å². The van der Waals surface area contributed by atoms with Crippen LogP contribution in [0.2, 0.25) is 0 Å². The summed E-state index contributed by atoms with van der Waals surface area (Å²) < 4.78 is 0. The minimum Gasteiger partial charge on any atom is -0.342 e. The summed E-state index contributed by atoms with van der Waals surface area (Å²) in [5.74, 6) is 2.48. The Morgan fingerprint density at radius 3 is 2.12 bits per heavy atom. The standard InChI is InChI=1S/C18H33N3O.2ClH/c1-3-20(4-2)12-13-7-9-21(10-8-13)18(22)16-14-5-6-15(11-14)17(16)19;;/h13-17H,3-12,19H2,1-2H3;2*1H. The largest absolute Gasteiger partial charge is 0.342 e. The van der Waals surface area contributed by atoms with Gasteiger partial charge < -0.3 is 15.5 Å². The van der Waals surface area contributed by atoms with E-state index in [1.807, 2.05) is 0 Å². The van der Waals surface area contributed by atoms with Gasteiger partial charge in [0.15, 0.2) is 0 Å². The molecule has 1 heterocycles. The summed E-state index contributed by atoms with van der Waals surface area (Å²) in [4.78, 5) is 17.5. The number of carbonyl (C=O) groups excluding carboxylic acids is 1. The van der Waals surface area contributed by atoms with E-state index in [0.717, 1.165) is 44.9 Å². The molecule has 142 valence electrons. The van der Waals surface area contributed by atoms with E-state index in [0.29, 0.717) is 17.7 Å². The molecule has 24 heavy (non-hydrogen) atoms. The summed E-state index contributed by atoms with van der Waals surface area (Å²) in [6, 6.07) is 0.139. The predicted molar refractivity (Wildman–Crippen MR) is 104 cm³/mol. The van der Waals surface area contributed by atoms with Crippen molar-refractivity contribution >= 4 is 30.7 Å². The second-order valence-electron chi connectivity index (χ2n) is 7.69. The highest BCUT2D eigenvalue weighted by Crippen LogP contribution is 2.48. The molecule has 3 aliphatic rings. The maximum atomic E-state index is 12.9. The summed E-state index contributed by atoms with van der Waals surface area (Å²) in [5.41, 5.74) is 6.35. The van der Waals surface area contributed by atoms with Gasteiger partial charge in [0.05, 0.1) is 5.92 Å². The lowest BCUT2D eigenvalue weighted by Crippen LogP contribution is -2.50. The molecule has 4 nitrogen and oxygen atoms in total.